The van der Waals surface area contributed by atoms with Gasteiger partial charge in [-0.25, -0.2) is 4.39 Å². The van der Waals surface area contributed by atoms with Crippen LogP contribution >= 0.6 is 15.9 Å². The average Bonchev–Trinajstić information content (AvgIpc) is 2.74. The maximum absolute atomic E-state index is 13.6. The summed E-state index contributed by atoms with van der Waals surface area (Å²) in [4.78, 5) is 2.16. The zero-order valence-electron chi connectivity index (χ0n) is 9.13. The van der Waals surface area contributed by atoms with Crippen molar-refractivity contribution in [1.82, 2.24) is 4.90 Å². The van der Waals surface area contributed by atoms with Crippen molar-refractivity contribution in [2.75, 3.05) is 19.6 Å². The molecule has 86 valence electrons. The fourth-order valence-corrected chi connectivity index (χ4v) is 2.20. The Kier molecular flexibility index (Phi) is 4.13. The summed E-state index contributed by atoms with van der Waals surface area (Å²) in [5, 5.41) is 0. The van der Waals surface area contributed by atoms with Gasteiger partial charge in [0.15, 0.2) is 0 Å². The van der Waals surface area contributed by atoms with E-state index >= 15 is 0 Å². The summed E-state index contributed by atoms with van der Waals surface area (Å²) in [5.41, 5.74) is 0.917. The number of hydrogen-bond acceptors (Lipinski definition) is 1. The topological polar surface area (TPSA) is 3.24 Å². The number of halogens is 2. The third-order valence-corrected chi connectivity index (χ3v) is 3.30. The number of benzene rings is 1. The number of likely N-dealkylation sites (tertiary alicyclic amines) is 1. The van der Waals surface area contributed by atoms with E-state index in [1.165, 1.54) is 12.8 Å². The van der Waals surface area contributed by atoms with Crippen molar-refractivity contribution >= 4 is 22.0 Å². The van der Waals surface area contributed by atoms with Crippen molar-refractivity contribution in [2.24, 2.45) is 0 Å². The molecule has 1 fully saturated rings. The Morgan fingerprint density at radius 2 is 1.88 bits per heavy atom. The zero-order chi connectivity index (χ0) is 11.4. The first-order chi connectivity index (χ1) is 7.74. The quantitative estimate of drug-likeness (QED) is 0.814. The van der Waals surface area contributed by atoms with Gasteiger partial charge in [0.2, 0.25) is 0 Å². The average molecular weight is 284 g/mol. The fraction of sp³-hybridized carbons (Fsp3) is 0.385. The van der Waals surface area contributed by atoms with Gasteiger partial charge in [0, 0.05) is 4.47 Å². The summed E-state index contributed by atoms with van der Waals surface area (Å²) in [7, 11) is 0. The first-order valence-electron chi connectivity index (χ1n) is 5.58. The van der Waals surface area contributed by atoms with Crippen LogP contribution in [0.15, 0.2) is 34.6 Å². The molecule has 16 heavy (non-hydrogen) atoms. The maximum Gasteiger partial charge on any atom is 0.114 e. The second-order valence-corrected chi connectivity index (χ2v) is 5.04. The molecule has 0 spiro atoms. The first-order valence-corrected chi connectivity index (χ1v) is 6.37. The van der Waals surface area contributed by atoms with Gasteiger partial charge in [-0.15, -0.1) is 0 Å². The van der Waals surface area contributed by atoms with Crippen molar-refractivity contribution in [1.29, 1.82) is 0 Å². The van der Waals surface area contributed by atoms with Crippen LogP contribution in [-0.4, -0.2) is 24.5 Å². The van der Waals surface area contributed by atoms with E-state index in [1.807, 2.05) is 24.3 Å². The van der Waals surface area contributed by atoms with Gasteiger partial charge in [-0.2, -0.15) is 0 Å². The van der Waals surface area contributed by atoms with Gasteiger partial charge in [0.05, 0.1) is 6.54 Å². The molecule has 0 atom stereocenters. The Bertz CT molecular complexity index is 366. The maximum atomic E-state index is 13.6. The summed E-state index contributed by atoms with van der Waals surface area (Å²) >= 11 is 3.36. The summed E-state index contributed by atoms with van der Waals surface area (Å²) < 4.78 is 14.7. The highest BCUT2D eigenvalue weighted by Gasteiger charge is 2.12. The molecule has 0 N–H and O–H groups in total. The van der Waals surface area contributed by atoms with Crippen LogP contribution in [0.1, 0.15) is 18.4 Å². The lowest BCUT2D eigenvalue weighted by molar-refractivity contribution is 0.341. The largest absolute Gasteiger partial charge is 0.297 e. The summed E-state index contributed by atoms with van der Waals surface area (Å²) in [5.74, 6) is -0.0516. The Labute approximate surface area is 104 Å². The SMILES string of the molecule is F/C(=C\c1ccc(Br)cc1)CN1CCCC1. The highest BCUT2D eigenvalue weighted by molar-refractivity contribution is 9.10. The van der Waals surface area contributed by atoms with Crippen molar-refractivity contribution in [3.8, 4) is 0 Å². The molecule has 3 heteroatoms. The second-order valence-electron chi connectivity index (χ2n) is 4.13. The monoisotopic (exact) mass is 283 g/mol. The Balaban J connectivity index is 1.97. The Hall–Kier alpha value is -0.670. The molecule has 1 aliphatic heterocycles. The van der Waals surface area contributed by atoms with Gasteiger partial charge in [0.25, 0.3) is 0 Å². The van der Waals surface area contributed by atoms with Gasteiger partial charge in [-0.3, -0.25) is 4.90 Å². The Morgan fingerprint density at radius 1 is 1.25 bits per heavy atom. The molecule has 2 rings (SSSR count). The fourth-order valence-electron chi connectivity index (χ4n) is 1.94. The number of hydrogen-bond donors (Lipinski definition) is 0. The summed E-state index contributed by atoms with van der Waals surface area (Å²) in [6, 6.07) is 7.67. The minimum Gasteiger partial charge on any atom is -0.297 e. The van der Waals surface area contributed by atoms with E-state index < -0.39 is 0 Å². The normalized spacial score (nSPS) is 18.0. The van der Waals surface area contributed by atoms with E-state index in [2.05, 4.69) is 20.8 Å². The number of nitrogens with zero attached hydrogens (tertiary/aromatic N) is 1. The van der Waals surface area contributed by atoms with Gasteiger partial charge < -0.3 is 0 Å². The van der Waals surface area contributed by atoms with Crippen LogP contribution in [0.5, 0.6) is 0 Å². The first kappa shape index (κ1) is 11.8. The van der Waals surface area contributed by atoms with E-state index in [9.17, 15) is 4.39 Å². The molecule has 1 saturated heterocycles. The van der Waals surface area contributed by atoms with Gasteiger partial charge in [0.1, 0.15) is 5.83 Å². The lowest BCUT2D eigenvalue weighted by Gasteiger charge is -2.12. The lowest BCUT2D eigenvalue weighted by atomic mass is 10.2. The van der Waals surface area contributed by atoms with Gasteiger partial charge >= 0.3 is 0 Å². The van der Waals surface area contributed by atoms with Gasteiger partial charge in [-0.1, -0.05) is 28.1 Å². The van der Waals surface area contributed by atoms with Crippen molar-refractivity contribution < 1.29 is 4.39 Å². The molecule has 1 aromatic carbocycles. The third kappa shape index (κ3) is 3.42. The lowest BCUT2D eigenvalue weighted by Crippen LogP contribution is -2.20. The van der Waals surface area contributed by atoms with Crippen LogP contribution in [0, 0.1) is 0 Å². The molecule has 1 nitrogen and oxygen atoms in total. The molecule has 0 unspecified atom stereocenters. The van der Waals surface area contributed by atoms with E-state index in [1.54, 1.807) is 6.08 Å². The van der Waals surface area contributed by atoms with Gasteiger partial charge in [-0.05, 0) is 49.7 Å². The molecule has 0 bridgehead atoms. The van der Waals surface area contributed by atoms with E-state index in [-0.39, 0.29) is 5.83 Å². The molecule has 0 saturated carbocycles. The molecular weight excluding hydrogens is 269 g/mol. The molecule has 0 aliphatic carbocycles. The molecule has 1 aliphatic rings. The van der Waals surface area contributed by atoms with Crippen molar-refractivity contribution in [2.45, 2.75) is 12.8 Å². The van der Waals surface area contributed by atoms with E-state index in [0.717, 1.165) is 23.1 Å². The van der Waals surface area contributed by atoms with Crippen LogP contribution in [0.2, 0.25) is 0 Å². The van der Waals surface area contributed by atoms with Crippen LogP contribution in [0.25, 0.3) is 6.08 Å². The highest BCUT2D eigenvalue weighted by atomic mass is 79.9. The minimum atomic E-state index is -0.0516. The smallest absolute Gasteiger partial charge is 0.114 e. The summed E-state index contributed by atoms with van der Waals surface area (Å²) in [6.45, 7) is 2.51. The predicted molar refractivity (Wildman–Crippen MR) is 68.9 cm³/mol. The summed E-state index contributed by atoms with van der Waals surface area (Å²) in [6.07, 6.45) is 4.02. The Morgan fingerprint density at radius 3 is 2.50 bits per heavy atom. The standard InChI is InChI=1S/C13H15BrFN/c14-12-5-3-11(4-6-12)9-13(15)10-16-7-1-2-8-16/h3-6,9H,1-2,7-8,10H2/b13-9-. The van der Waals surface area contributed by atoms with E-state index in [4.69, 9.17) is 0 Å². The molecule has 1 heterocycles. The molecule has 0 amide bonds. The predicted octanol–water partition coefficient (Wildman–Crippen LogP) is 3.86. The number of rotatable bonds is 3. The van der Waals surface area contributed by atoms with Crippen LogP contribution in [0.4, 0.5) is 4.39 Å². The second kappa shape index (κ2) is 5.60. The highest BCUT2D eigenvalue weighted by Crippen LogP contribution is 2.16. The molecular formula is C13H15BrFN. The van der Waals surface area contributed by atoms with Crippen molar-refractivity contribution in [3.63, 3.8) is 0 Å². The third-order valence-electron chi connectivity index (χ3n) is 2.77. The molecule has 1 aromatic rings. The zero-order valence-corrected chi connectivity index (χ0v) is 10.7. The molecule has 0 aromatic heterocycles. The van der Waals surface area contributed by atoms with E-state index in [0.29, 0.717) is 6.54 Å². The minimum absolute atomic E-state index is 0.0516. The molecule has 0 radical (unpaired) electrons. The van der Waals surface area contributed by atoms with Crippen LogP contribution in [-0.2, 0) is 0 Å². The van der Waals surface area contributed by atoms with Crippen LogP contribution < -0.4 is 0 Å². The van der Waals surface area contributed by atoms with Crippen molar-refractivity contribution in [3.05, 3.63) is 40.1 Å². The van der Waals surface area contributed by atoms with Crippen LogP contribution in [0.3, 0.4) is 0 Å².